The van der Waals surface area contributed by atoms with Crippen molar-refractivity contribution in [1.82, 2.24) is 10.3 Å². The van der Waals surface area contributed by atoms with Gasteiger partial charge in [-0.25, -0.2) is 0 Å². The number of rotatable bonds is 5. The average molecular weight is 283 g/mol. The summed E-state index contributed by atoms with van der Waals surface area (Å²) < 4.78 is 0. The largest absolute Gasteiger partial charge is 0.326 e. The van der Waals surface area contributed by atoms with Crippen molar-refractivity contribution in [3.8, 4) is 0 Å². The fourth-order valence-electron chi connectivity index (χ4n) is 2.17. The monoisotopic (exact) mass is 283 g/mol. The molecule has 2 aromatic rings. The molecule has 1 unspecified atom stereocenters. The van der Waals surface area contributed by atoms with E-state index in [4.69, 9.17) is 0 Å². The molecule has 1 amide bonds. The number of carbonyl (C=O) groups is 1. The predicted molar refractivity (Wildman–Crippen MR) is 85.0 cm³/mol. The molecule has 4 heteroatoms. The molecule has 0 aliphatic rings. The number of aromatic nitrogens is 1. The second-order valence-corrected chi connectivity index (χ2v) is 5.21. The SMILES string of the molecule is CC(=O)Nc1cccc(C(C)NCc2ccncc2C)c1. The van der Waals surface area contributed by atoms with Crippen LogP contribution in [0, 0.1) is 6.92 Å². The normalized spacial score (nSPS) is 12.0. The Balaban J connectivity index is 2.01. The lowest BCUT2D eigenvalue weighted by Gasteiger charge is -2.16. The summed E-state index contributed by atoms with van der Waals surface area (Å²) >= 11 is 0. The number of carbonyl (C=O) groups excluding carboxylic acids is 1. The minimum atomic E-state index is -0.0554. The summed E-state index contributed by atoms with van der Waals surface area (Å²) in [6.45, 7) is 6.48. The Kier molecular flexibility index (Phi) is 5.06. The molecule has 0 bridgehead atoms. The Morgan fingerprint density at radius 3 is 2.86 bits per heavy atom. The van der Waals surface area contributed by atoms with Gasteiger partial charge in [0.2, 0.25) is 5.91 Å². The van der Waals surface area contributed by atoms with E-state index in [2.05, 4.69) is 35.5 Å². The molecule has 2 N–H and O–H groups in total. The molecule has 0 radical (unpaired) electrons. The third-order valence-corrected chi connectivity index (χ3v) is 3.44. The van der Waals surface area contributed by atoms with Crippen molar-refractivity contribution in [2.24, 2.45) is 0 Å². The Morgan fingerprint density at radius 1 is 1.33 bits per heavy atom. The van der Waals surface area contributed by atoms with E-state index < -0.39 is 0 Å². The van der Waals surface area contributed by atoms with Crippen LogP contribution in [0.25, 0.3) is 0 Å². The summed E-state index contributed by atoms with van der Waals surface area (Å²) in [5, 5.41) is 6.30. The van der Waals surface area contributed by atoms with Gasteiger partial charge in [0.1, 0.15) is 0 Å². The lowest BCUT2D eigenvalue weighted by Crippen LogP contribution is -2.19. The van der Waals surface area contributed by atoms with Gasteiger partial charge in [-0.2, -0.15) is 0 Å². The highest BCUT2D eigenvalue weighted by Gasteiger charge is 2.07. The molecule has 0 aliphatic carbocycles. The van der Waals surface area contributed by atoms with Gasteiger partial charge in [0.25, 0.3) is 0 Å². The van der Waals surface area contributed by atoms with Crippen LogP contribution in [0.3, 0.4) is 0 Å². The zero-order valence-corrected chi connectivity index (χ0v) is 12.7. The van der Waals surface area contributed by atoms with Crippen molar-refractivity contribution < 1.29 is 4.79 Å². The van der Waals surface area contributed by atoms with E-state index in [-0.39, 0.29) is 11.9 Å². The van der Waals surface area contributed by atoms with Crippen LogP contribution >= 0.6 is 0 Å². The maximum atomic E-state index is 11.1. The highest BCUT2D eigenvalue weighted by molar-refractivity contribution is 5.88. The number of hydrogen-bond acceptors (Lipinski definition) is 3. The second-order valence-electron chi connectivity index (χ2n) is 5.21. The number of nitrogens with one attached hydrogen (secondary N) is 2. The lowest BCUT2D eigenvalue weighted by molar-refractivity contribution is -0.114. The maximum absolute atomic E-state index is 11.1. The lowest BCUT2D eigenvalue weighted by atomic mass is 10.1. The Morgan fingerprint density at radius 2 is 2.14 bits per heavy atom. The summed E-state index contributed by atoms with van der Waals surface area (Å²) in [5.74, 6) is -0.0554. The third kappa shape index (κ3) is 4.39. The van der Waals surface area contributed by atoms with Gasteiger partial charge in [-0.1, -0.05) is 12.1 Å². The fraction of sp³-hybridized carbons (Fsp3) is 0.294. The number of anilines is 1. The first kappa shape index (κ1) is 15.2. The zero-order valence-electron chi connectivity index (χ0n) is 12.7. The average Bonchev–Trinajstić information content (AvgIpc) is 2.45. The number of amides is 1. The third-order valence-electron chi connectivity index (χ3n) is 3.44. The van der Waals surface area contributed by atoms with E-state index >= 15 is 0 Å². The molecule has 1 heterocycles. The first-order chi connectivity index (χ1) is 10.1. The summed E-state index contributed by atoms with van der Waals surface area (Å²) in [5.41, 5.74) is 4.40. The molecule has 21 heavy (non-hydrogen) atoms. The smallest absolute Gasteiger partial charge is 0.221 e. The van der Waals surface area contributed by atoms with Gasteiger partial charge < -0.3 is 10.6 Å². The number of hydrogen-bond donors (Lipinski definition) is 2. The van der Waals surface area contributed by atoms with Crippen LogP contribution in [0.1, 0.15) is 36.6 Å². The molecule has 0 fully saturated rings. The minimum Gasteiger partial charge on any atom is -0.326 e. The predicted octanol–water partition coefficient (Wildman–Crippen LogP) is 3.20. The Bertz CT molecular complexity index is 625. The topological polar surface area (TPSA) is 54.0 Å². The van der Waals surface area contributed by atoms with Gasteiger partial charge >= 0.3 is 0 Å². The Hall–Kier alpha value is -2.20. The number of nitrogens with zero attached hydrogens (tertiary/aromatic N) is 1. The van der Waals surface area contributed by atoms with Crippen molar-refractivity contribution in [2.45, 2.75) is 33.4 Å². The second kappa shape index (κ2) is 6.99. The van der Waals surface area contributed by atoms with Crippen LogP contribution in [0.15, 0.2) is 42.7 Å². The van der Waals surface area contributed by atoms with Crippen molar-refractivity contribution in [3.05, 3.63) is 59.4 Å². The molecule has 4 nitrogen and oxygen atoms in total. The molecule has 110 valence electrons. The van der Waals surface area contributed by atoms with Crippen LogP contribution in [-0.4, -0.2) is 10.9 Å². The molecule has 2 rings (SSSR count). The molecular weight excluding hydrogens is 262 g/mol. The Labute approximate surface area is 125 Å². The number of pyridine rings is 1. The van der Waals surface area contributed by atoms with Crippen molar-refractivity contribution in [2.75, 3.05) is 5.32 Å². The first-order valence-electron chi connectivity index (χ1n) is 7.06. The maximum Gasteiger partial charge on any atom is 0.221 e. The quantitative estimate of drug-likeness (QED) is 0.886. The van der Waals surface area contributed by atoms with Gasteiger partial charge in [0, 0.05) is 37.6 Å². The van der Waals surface area contributed by atoms with Crippen LogP contribution in [0.5, 0.6) is 0 Å². The molecule has 0 spiro atoms. The molecule has 1 aromatic carbocycles. The van der Waals surface area contributed by atoms with Gasteiger partial charge in [0.15, 0.2) is 0 Å². The molecule has 1 atom stereocenters. The molecule has 1 aromatic heterocycles. The van der Waals surface area contributed by atoms with Crippen LogP contribution in [-0.2, 0) is 11.3 Å². The highest BCUT2D eigenvalue weighted by atomic mass is 16.1. The van der Waals surface area contributed by atoms with E-state index in [1.54, 1.807) is 0 Å². The molecule has 0 saturated carbocycles. The van der Waals surface area contributed by atoms with E-state index in [1.807, 2.05) is 36.7 Å². The van der Waals surface area contributed by atoms with Crippen molar-refractivity contribution in [3.63, 3.8) is 0 Å². The number of aryl methyl sites for hydroxylation is 1. The van der Waals surface area contributed by atoms with Gasteiger partial charge in [0.05, 0.1) is 0 Å². The van der Waals surface area contributed by atoms with E-state index in [1.165, 1.54) is 18.1 Å². The summed E-state index contributed by atoms with van der Waals surface area (Å²) in [7, 11) is 0. The summed E-state index contributed by atoms with van der Waals surface area (Å²) in [6, 6.07) is 10.1. The van der Waals surface area contributed by atoms with Crippen LogP contribution in [0.2, 0.25) is 0 Å². The van der Waals surface area contributed by atoms with E-state index in [0.717, 1.165) is 17.8 Å². The molecule has 0 aliphatic heterocycles. The standard InChI is InChI=1S/C17H21N3O/c1-12-10-18-8-7-16(12)11-19-13(2)15-5-4-6-17(9-15)20-14(3)21/h4-10,13,19H,11H2,1-3H3,(H,20,21). The van der Waals surface area contributed by atoms with E-state index in [9.17, 15) is 4.79 Å². The first-order valence-corrected chi connectivity index (χ1v) is 7.06. The minimum absolute atomic E-state index is 0.0554. The molecular formula is C17H21N3O. The molecule has 0 saturated heterocycles. The zero-order chi connectivity index (χ0) is 15.2. The summed E-state index contributed by atoms with van der Waals surface area (Å²) in [6.07, 6.45) is 3.69. The summed E-state index contributed by atoms with van der Waals surface area (Å²) in [4.78, 5) is 15.2. The van der Waals surface area contributed by atoms with Gasteiger partial charge in [-0.15, -0.1) is 0 Å². The number of benzene rings is 1. The van der Waals surface area contributed by atoms with Crippen LogP contribution in [0.4, 0.5) is 5.69 Å². The fourth-order valence-corrected chi connectivity index (χ4v) is 2.17. The van der Waals surface area contributed by atoms with Gasteiger partial charge in [-0.05, 0) is 48.7 Å². The van der Waals surface area contributed by atoms with E-state index in [0.29, 0.717) is 0 Å². The van der Waals surface area contributed by atoms with Gasteiger partial charge in [-0.3, -0.25) is 9.78 Å². The highest BCUT2D eigenvalue weighted by Crippen LogP contribution is 2.18. The van der Waals surface area contributed by atoms with Crippen molar-refractivity contribution >= 4 is 11.6 Å². The van der Waals surface area contributed by atoms with Crippen molar-refractivity contribution in [1.29, 1.82) is 0 Å². The van der Waals surface area contributed by atoms with Crippen LogP contribution < -0.4 is 10.6 Å².